The molecule has 1 aromatic carbocycles. The van der Waals surface area contributed by atoms with Crippen LogP contribution in [0.15, 0.2) is 35.1 Å². The summed E-state index contributed by atoms with van der Waals surface area (Å²) in [5, 5.41) is 8.28. The van der Waals surface area contributed by atoms with Crippen molar-refractivity contribution in [2.45, 2.75) is 26.8 Å². The van der Waals surface area contributed by atoms with Crippen LogP contribution in [0.2, 0.25) is 5.02 Å². The third-order valence-corrected chi connectivity index (χ3v) is 3.19. The summed E-state index contributed by atoms with van der Waals surface area (Å²) < 4.78 is 1.75. The average molecular weight is 292 g/mol. The van der Waals surface area contributed by atoms with Gasteiger partial charge in [-0.3, -0.25) is 4.79 Å². The Morgan fingerprint density at radius 3 is 2.85 bits per heavy atom. The fourth-order valence-electron chi connectivity index (χ4n) is 1.96. The van der Waals surface area contributed by atoms with Crippen molar-refractivity contribution in [1.29, 1.82) is 0 Å². The minimum atomic E-state index is -0.0376. The summed E-state index contributed by atoms with van der Waals surface area (Å²) in [6.45, 7) is 5.29. The van der Waals surface area contributed by atoms with Gasteiger partial charge in [0, 0.05) is 23.3 Å². The van der Waals surface area contributed by atoms with Crippen LogP contribution in [0.1, 0.15) is 24.7 Å². The maximum Gasteiger partial charge on any atom is 0.204 e. The van der Waals surface area contributed by atoms with E-state index in [1.54, 1.807) is 10.7 Å². The van der Waals surface area contributed by atoms with Crippen molar-refractivity contribution in [3.05, 3.63) is 57.0 Å². The summed E-state index contributed by atoms with van der Waals surface area (Å²) >= 11 is 6.01. The molecule has 5 heteroatoms. The van der Waals surface area contributed by atoms with Gasteiger partial charge < -0.3 is 5.32 Å². The van der Waals surface area contributed by atoms with Crippen molar-refractivity contribution in [2.75, 3.05) is 6.54 Å². The molecule has 0 radical (unpaired) electrons. The zero-order valence-corrected chi connectivity index (χ0v) is 12.4. The lowest BCUT2D eigenvalue weighted by Crippen LogP contribution is -2.25. The Bertz CT molecular complexity index is 652. The van der Waals surface area contributed by atoms with Gasteiger partial charge in [0.15, 0.2) is 0 Å². The zero-order valence-electron chi connectivity index (χ0n) is 11.7. The fourth-order valence-corrected chi connectivity index (χ4v) is 2.14. The molecule has 2 aromatic rings. The third-order valence-electron chi connectivity index (χ3n) is 2.95. The molecule has 1 N–H and O–H groups in total. The Labute approximate surface area is 123 Å². The molecule has 0 saturated heterocycles. The summed E-state index contributed by atoms with van der Waals surface area (Å²) in [7, 11) is 0. The quantitative estimate of drug-likeness (QED) is 0.862. The smallest absolute Gasteiger partial charge is 0.204 e. The molecule has 0 fully saturated rings. The first-order valence-electron chi connectivity index (χ1n) is 6.68. The number of aromatic nitrogens is 2. The molecule has 0 atom stereocenters. The molecule has 1 aromatic heterocycles. The predicted octanol–water partition coefficient (Wildman–Crippen LogP) is 2.69. The zero-order chi connectivity index (χ0) is 14.5. The van der Waals surface area contributed by atoms with Crippen LogP contribution in [0.4, 0.5) is 0 Å². The minimum Gasteiger partial charge on any atom is -0.311 e. The molecule has 2 rings (SSSR count). The lowest BCUT2D eigenvalue weighted by Gasteiger charge is -2.11. The van der Waals surface area contributed by atoms with Crippen molar-refractivity contribution >= 4 is 11.6 Å². The highest BCUT2D eigenvalue weighted by Gasteiger charge is 2.07. The van der Waals surface area contributed by atoms with E-state index in [0.29, 0.717) is 17.3 Å². The lowest BCUT2D eigenvalue weighted by molar-refractivity contribution is 0.637. The topological polar surface area (TPSA) is 46.9 Å². The molecule has 1 heterocycles. The largest absolute Gasteiger partial charge is 0.311 e. The first-order chi connectivity index (χ1) is 9.61. The molecule has 0 unspecified atom stereocenters. The highest BCUT2D eigenvalue weighted by molar-refractivity contribution is 6.30. The Kier molecular flexibility index (Phi) is 4.93. The van der Waals surface area contributed by atoms with Gasteiger partial charge in [0.2, 0.25) is 5.43 Å². The Morgan fingerprint density at radius 2 is 2.15 bits per heavy atom. The van der Waals surface area contributed by atoms with E-state index in [-0.39, 0.29) is 5.43 Å². The van der Waals surface area contributed by atoms with Crippen LogP contribution in [0.5, 0.6) is 0 Å². The lowest BCUT2D eigenvalue weighted by atomic mass is 10.3. The number of halogens is 1. The highest BCUT2D eigenvalue weighted by Crippen LogP contribution is 2.14. The van der Waals surface area contributed by atoms with Crippen molar-refractivity contribution in [3.63, 3.8) is 0 Å². The molecular formula is C15H18ClN3O. The van der Waals surface area contributed by atoms with E-state index in [0.717, 1.165) is 24.3 Å². The Balaban J connectivity index is 2.38. The Hall–Kier alpha value is -1.65. The van der Waals surface area contributed by atoms with Crippen molar-refractivity contribution in [1.82, 2.24) is 15.1 Å². The predicted molar refractivity (Wildman–Crippen MR) is 81.6 cm³/mol. The van der Waals surface area contributed by atoms with Gasteiger partial charge in [0.05, 0.1) is 5.69 Å². The molecule has 106 valence electrons. The highest BCUT2D eigenvalue weighted by atomic mass is 35.5. The first-order valence-corrected chi connectivity index (χ1v) is 7.06. The number of rotatable bonds is 5. The van der Waals surface area contributed by atoms with Gasteiger partial charge >= 0.3 is 0 Å². The van der Waals surface area contributed by atoms with Crippen molar-refractivity contribution in [2.24, 2.45) is 0 Å². The summed E-state index contributed by atoms with van der Waals surface area (Å²) in [5.41, 5.74) is 2.12. The van der Waals surface area contributed by atoms with E-state index in [2.05, 4.69) is 17.3 Å². The van der Waals surface area contributed by atoms with Crippen LogP contribution in [-0.4, -0.2) is 16.3 Å². The monoisotopic (exact) mass is 291 g/mol. The number of hydrogen-bond acceptors (Lipinski definition) is 3. The van der Waals surface area contributed by atoms with Gasteiger partial charge in [0.25, 0.3) is 0 Å². The standard InChI is InChI=1S/C15H18ClN3O/c1-3-7-17-10-14-15(20)8-11(2)19(18-14)13-6-4-5-12(16)9-13/h4-6,8-9,17H,3,7,10H2,1-2H3. The number of benzene rings is 1. The molecule has 0 spiro atoms. The van der Waals surface area contributed by atoms with E-state index in [1.807, 2.05) is 31.2 Å². The van der Waals surface area contributed by atoms with Crippen molar-refractivity contribution in [3.8, 4) is 5.69 Å². The number of nitrogens with one attached hydrogen (secondary N) is 1. The van der Waals surface area contributed by atoms with E-state index in [4.69, 9.17) is 11.6 Å². The molecule has 4 nitrogen and oxygen atoms in total. The third kappa shape index (κ3) is 3.46. The van der Waals surface area contributed by atoms with Gasteiger partial charge in [-0.25, -0.2) is 4.68 Å². The van der Waals surface area contributed by atoms with E-state index in [9.17, 15) is 4.79 Å². The number of hydrogen-bond donors (Lipinski definition) is 1. The maximum absolute atomic E-state index is 11.9. The normalized spacial score (nSPS) is 10.8. The van der Waals surface area contributed by atoms with Gasteiger partial charge in [-0.05, 0) is 38.1 Å². The molecule has 0 aliphatic heterocycles. The second-order valence-electron chi connectivity index (χ2n) is 4.67. The van der Waals surface area contributed by atoms with Crippen LogP contribution in [0, 0.1) is 6.92 Å². The number of aryl methyl sites for hydroxylation is 1. The fraction of sp³-hybridized carbons (Fsp3) is 0.333. The van der Waals surface area contributed by atoms with E-state index in [1.165, 1.54) is 0 Å². The maximum atomic E-state index is 11.9. The molecule has 20 heavy (non-hydrogen) atoms. The van der Waals surface area contributed by atoms with Crippen LogP contribution in [0.25, 0.3) is 5.69 Å². The number of nitrogens with zero attached hydrogens (tertiary/aromatic N) is 2. The molecule has 0 aliphatic carbocycles. The summed E-state index contributed by atoms with van der Waals surface area (Å²) in [4.78, 5) is 11.9. The van der Waals surface area contributed by atoms with E-state index < -0.39 is 0 Å². The van der Waals surface area contributed by atoms with Gasteiger partial charge in [-0.2, -0.15) is 5.10 Å². The molecule has 0 aliphatic rings. The molecule has 0 amide bonds. The van der Waals surface area contributed by atoms with Gasteiger partial charge in [0.1, 0.15) is 5.69 Å². The average Bonchev–Trinajstić information content (AvgIpc) is 2.41. The molecular weight excluding hydrogens is 274 g/mol. The second kappa shape index (κ2) is 6.68. The van der Waals surface area contributed by atoms with Gasteiger partial charge in [-0.15, -0.1) is 0 Å². The Morgan fingerprint density at radius 1 is 1.35 bits per heavy atom. The van der Waals surface area contributed by atoms with Crippen LogP contribution < -0.4 is 10.7 Å². The van der Waals surface area contributed by atoms with Gasteiger partial charge in [-0.1, -0.05) is 24.6 Å². The summed E-state index contributed by atoms with van der Waals surface area (Å²) in [6, 6.07) is 9.03. The minimum absolute atomic E-state index is 0.0376. The van der Waals surface area contributed by atoms with Crippen LogP contribution in [-0.2, 0) is 6.54 Å². The summed E-state index contributed by atoms with van der Waals surface area (Å²) in [5.74, 6) is 0. The van der Waals surface area contributed by atoms with Crippen LogP contribution >= 0.6 is 11.6 Å². The van der Waals surface area contributed by atoms with Crippen LogP contribution in [0.3, 0.4) is 0 Å². The summed E-state index contributed by atoms with van der Waals surface area (Å²) in [6.07, 6.45) is 1.02. The second-order valence-corrected chi connectivity index (χ2v) is 5.10. The van der Waals surface area contributed by atoms with E-state index >= 15 is 0 Å². The first kappa shape index (κ1) is 14.8. The molecule has 0 bridgehead atoms. The SMILES string of the molecule is CCCNCc1nn(-c2cccc(Cl)c2)c(C)cc1=O. The molecule has 0 saturated carbocycles. The van der Waals surface area contributed by atoms with Crippen molar-refractivity contribution < 1.29 is 0 Å².